The number of sulfone groups is 1. The van der Waals surface area contributed by atoms with E-state index in [0.29, 0.717) is 25.8 Å². The van der Waals surface area contributed by atoms with Gasteiger partial charge < -0.3 is 14.9 Å². The second-order valence-corrected chi connectivity index (χ2v) is 10.1. The first-order chi connectivity index (χ1) is 11.7. The first-order valence-corrected chi connectivity index (χ1v) is 11.1. The van der Waals surface area contributed by atoms with Gasteiger partial charge in [0.25, 0.3) is 0 Å². The lowest BCUT2D eigenvalue weighted by atomic mass is 9.98. The summed E-state index contributed by atoms with van der Waals surface area (Å²) in [6.45, 7) is 0.610. The van der Waals surface area contributed by atoms with Crippen LogP contribution in [0.15, 0.2) is 0 Å². The fraction of sp³-hybridized carbons (Fsp3) is 0.800. The Hall–Kier alpha value is -1.29. The van der Waals surface area contributed by atoms with Crippen LogP contribution in [-0.2, 0) is 24.2 Å². The number of nitrogens with zero attached hydrogens (tertiary/aromatic N) is 2. The predicted molar refractivity (Wildman–Crippen MR) is 94.1 cm³/mol. The zero-order chi connectivity index (χ0) is 18.6. The minimum absolute atomic E-state index is 0.0588. The van der Waals surface area contributed by atoms with E-state index in [1.165, 1.54) is 28.6 Å². The fourth-order valence-corrected chi connectivity index (χ4v) is 6.57. The summed E-state index contributed by atoms with van der Waals surface area (Å²) < 4.78 is 22.8. The van der Waals surface area contributed by atoms with Crippen molar-refractivity contribution in [3.05, 3.63) is 0 Å². The molecule has 0 aromatic carbocycles. The second-order valence-electron chi connectivity index (χ2n) is 6.60. The Balaban J connectivity index is 1.76. The van der Waals surface area contributed by atoms with Crippen molar-refractivity contribution in [2.45, 2.75) is 24.5 Å². The predicted octanol–water partition coefficient (Wildman–Crippen LogP) is -0.312. The Labute approximate surface area is 151 Å². The van der Waals surface area contributed by atoms with Gasteiger partial charge >= 0.3 is 5.97 Å². The van der Waals surface area contributed by atoms with E-state index in [2.05, 4.69) is 0 Å². The van der Waals surface area contributed by atoms with E-state index in [4.69, 9.17) is 5.11 Å². The number of carbonyl (C=O) groups is 3. The van der Waals surface area contributed by atoms with Crippen LogP contribution in [0.25, 0.3) is 0 Å². The van der Waals surface area contributed by atoms with Gasteiger partial charge in [0.15, 0.2) is 9.84 Å². The maximum absolute atomic E-state index is 12.3. The molecule has 142 valence electrons. The zero-order valence-corrected chi connectivity index (χ0v) is 15.9. The number of aliphatic carboxylic acids is 1. The van der Waals surface area contributed by atoms with Gasteiger partial charge in [-0.2, -0.15) is 0 Å². The Bertz CT molecular complexity index is 636. The lowest BCUT2D eigenvalue weighted by molar-refractivity contribution is -0.147. The molecule has 2 unspecified atom stereocenters. The monoisotopic (exact) mass is 392 g/mol. The Morgan fingerprint density at radius 1 is 1.28 bits per heavy atom. The number of amides is 2. The zero-order valence-electron chi connectivity index (χ0n) is 14.2. The SMILES string of the molecule is CN(CC(=O)N1CCCC(C(=O)O)C1)C(=O)CSC1CCS(=O)(=O)C1. The topological polar surface area (TPSA) is 112 Å². The molecule has 0 aromatic rings. The molecule has 2 saturated heterocycles. The summed E-state index contributed by atoms with van der Waals surface area (Å²) in [6.07, 6.45) is 1.77. The van der Waals surface area contributed by atoms with Gasteiger partial charge in [-0.15, -0.1) is 11.8 Å². The molecule has 2 amide bonds. The number of thioether (sulfide) groups is 1. The molecule has 2 aliphatic rings. The van der Waals surface area contributed by atoms with Gasteiger partial charge in [0.2, 0.25) is 11.8 Å². The third-order valence-electron chi connectivity index (χ3n) is 4.55. The number of carbonyl (C=O) groups excluding carboxylic acids is 2. The molecule has 2 atom stereocenters. The van der Waals surface area contributed by atoms with E-state index < -0.39 is 21.7 Å². The number of rotatable bonds is 6. The van der Waals surface area contributed by atoms with Crippen molar-refractivity contribution in [2.75, 3.05) is 43.9 Å². The van der Waals surface area contributed by atoms with Crippen molar-refractivity contribution < 1.29 is 27.9 Å². The second kappa shape index (κ2) is 8.39. The average Bonchev–Trinajstić information content (AvgIpc) is 2.91. The van der Waals surface area contributed by atoms with Crippen molar-refractivity contribution in [3.8, 4) is 0 Å². The van der Waals surface area contributed by atoms with Crippen molar-refractivity contribution >= 4 is 39.4 Å². The third-order valence-corrected chi connectivity index (χ3v) is 7.82. The number of likely N-dealkylation sites (tertiary alicyclic amines) is 1. The van der Waals surface area contributed by atoms with Crippen LogP contribution >= 0.6 is 11.8 Å². The highest BCUT2D eigenvalue weighted by atomic mass is 32.2. The highest BCUT2D eigenvalue weighted by Crippen LogP contribution is 2.24. The largest absolute Gasteiger partial charge is 0.481 e. The van der Waals surface area contributed by atoms with Crippen molar-refractivity contribution in [1.29, 1.82) is 0 Å². The van der Waals surface area contributed by atoms with E-state index in [1.807, 2.05) is 0 Å². The smallest absolute Gasteiger partial charge is 0.308 e. The minimum atomic E-state index is -2.96. The van der Waals surface area contributed by atoms with Crippen LogP contribution in [0, 0.1) is 5.92 Å². The minimum Gasteiger partial charge on any atom is -0.481 e. The number of piperidine rings is 1. The Morgan fingerprint density at radius 3 is 2.60 bits per heavy atom. The van der Waals surface area contributed by atoms with Crippen molar-refractivity contribution in [3.63, 3.8) is 0 Å². The molecule has 2 heterocycles. The summed E-state index contributed by atoms with van der Waals surface area (Å²) >= 11 is 1.32. The van der Waals surface area contributed by atoms with Crippen LogP contribution in [0.5, 0.6) is 0 Å². The number of carboxylic acids is 1. The number of hydrogen-bond acceptors (Lipinski definition) is 6. The van der Waals surface area contributed by atoms with Crippen LogP contribution in [0.4, 0.5) is 0 Å². The van der Waals surface area contributed by atoms with E-state index >= 15 is 0 Å². The summed E-state index contributed by atoms with van der Waals surface area (Å²) in [5.74, 6) is -1.50. The summed E-state index contributed by atoms with van der Waals surface area (Å²) in [5.41, 5.74) is 0. The fourth-order valence-electron chi connectivity index (χ4n) is 2.99. The Kier molecular flexibility index (Phi) is 6.72. The highest BCUT2D eigenvalue weighted by molar-refractivity contribution is 8.02. The van der Waals surface area contributed by atoms with Crippen LogP contribution in [0.3, 0.4) is 0 Å². The highest BCUT2D eigenvalue weighted by Gasteiger charge is 2.30. The average molecular weight is 392 g/mol. The summed E-state index contributed by atoms with van der Waals surface area (Å²) in [7, 11) is -1.43. The molecule has 0 radical (unpaired) electrons. The van der Waals surface area contributed by atoms with Gasteiger partial charge in [0.05, 0.1) is 29.7 Å². The molecule has 2 fully saturated rings. The van der Waals surface area contributed by atoms with Crippen LogP contribution in [-0.4, -0.2) is 90.3 Å². The molecule has 2 rings (SSSR count). The maximum atomic E-state index is 12.3. The van der Waals surface area contributed by atoms with Gasteiger partial charge in [-0.1, -0.05) is 0 Å². The standard InChI is InChI=1S/C15H24N2O6S2/c1-16(14(19)9-24-12-4-6-25(22,23)10-12)8-13(18)17-5-2-3-11(7-17)15(20)21/h11-12H,2-10H2,1H3,(H,20,21). The van der Waals surface area contributed by atoms with Gasteiger partial charge in [0, 0.05) is 25.4 Å². The lowest BCUT2D eigenvalue weighted by Gasteiger charge is -2.32. The molecule has 8 nitrogen and oxygen atoms in total. The van der Waals surface area contributed by atoms with Crippen LogP contribution in [0.1, 0.15) is 19.3 Å². The molecular weight excluding hydrogens is 368 g/mol. The molecule has 1 N–H and O–H groups in total. The molecule has 2 aliphatic heterocycles. The van der Waals surface area contributed by atoms with E-state index in [9.17, 15) is 22.8 Å². The summed E-state index contributed by atoms with van der Waals surface area (Å²) in [6, 6.07) is 0. The molecular formula is C15H24N2O6S2. The van der Waals surface area contributed by atoms with Crippen LogP contribution < -0.4 is 0 Å². The third kappa shape index (κ3) is 5.88. The van der Waals surface area contributed by atoms with Gasteiger partial charge in [-0.05, 0) is 19.3 Å². The number of carboxylic acid groups (broad SMARTS) is 1. The Morgan fingerprint density at radius 2 is 2.00 bits per heavy atom. The first kappa shape index (κ1) is 20.0. The van der Waals surface area contributed by atoms with Crippen molar-refractivity contribution in [1.82, 2.24) is 9.80 Å². The molecule has 0 bridgehead atoms. The summed E-state index contributed by atoms with van der Waals surface area (Å²) in [5, 5.41) is 9.01. The molecule has 25 heavy (non-hydrogen) atoms. The molecule has 0 aliphatic carbocycles. The van der Waals surface area contributed by atoms with Gasteiger partial charge in [0.1, 0.15) is 0 Å². The van der Waals surface area contributed by atoms with Gasteiger partial charge in [-0.3, -0.25) is 14.4 Å². The molecule has 10 heteroatoms. The lowest BCUT2D eigenvalue weighted by Crippen LogP contribution is -2.47. The number of hydrogen-bond donors (Lipinski definition) is 1. The van der Waals surface area contributed by atoms with E-state index in [1.54, 1.807) is 0 Å². The number of likely N-dealkylation sites (N-methyl/N-ethyl adjacent to an activating group) is 1. The van der Waals surface area contributed by atoms with E-state index in [0.717, 1.165) is 0 Å². The van der Waals surface area contributed by atoms with Crippen molar-refractivity contribution in [2.24, 2.45) is 5.92 Å². The van der Waals surface area contributed by atoms with Gasteiger partial charge in [-0.25, -0.2) is 8.42 Å². The first-order valence-electron chi connectivity index (χ1n) is 8.24. The normalized spacial score (nSPS) is 25.6. The molecule has 0 saturated carbocycles. The maximum Gasteiger partial charge on any atom is 0.308 e. The van der Waals surface area contributed by atoms with Crippen LogP contribution in [0.2, 0.25) is 0 Å². The quantitative estimate of drug-likeness (QED) is 0.660. The molecule has 0 spiro atoms. The van der Waals surface area contributed by atoms with E-state index in [-0.39, 0.29) is 47.4 Å². The summed E-state index contributed by atoms with van der Waals surface area (Å²) in [4.78, 5) is 38.3. The molecule has 0 aromatic heterocycles.